The molecule has 3 heterocycles. The van der Waals surface area contributed by atoms with Gasteiger partial charge in [0.1, 0.15) is 110 Å². The van der Waals surface area contributed by atoms with Gasteiger partial charge in [0.15, 0.2) is 18.9 Å². The Morgan fingerprint density at radius 2 is 0.733 bits per heavy atom. The molecular weight excluding hydrogens is 1100 g/mol. The van der Waals surface area contributed by atoms with Crippen molar-refractivity contribution in [2.45, 2.75) is 161 Å². The summed E-state index contributed by atoms with van der Waals surface area (Å²) in [7, 11) is -15.4. The lowest BCUT2D eigenvalue weighted by Crippen LogP contribution is -2.44. The highest BCUT2D eigenvalue weighted by molar-refractivity contribution is 7.47. The summed E-state index contributed by atoms with van der Waals surface area (Å²) in [6, 6.07) is 0. The van der Waals surface area contributed by atoms with Crippen LogP contribution in [-0.2, 0) is 69.3 Å². The number of aliphatic hydroxyl groups is 16. The Hall–Kier alpha value is -0.590. The van der Waals surface area contributed by atoms with Crippen LogP contribution in [0.5, 0.6) is 0 Å². The van der Waals surface area contributed by atoms with Crippen molar-refractivity contribution in [1.82, 2.24) is 0 Å². The molecule has 75 heavy (non-hydrogen) atoms. The Morgan fingerprint density at radius 3 is 1.09 bits per heavy atom. The maximum atomic E-state index is 12.8. The van der Waals surface area contributed by atoms with Crippen molar-refractivity contribution in [2.24, 2.45) is 5.73 Å². The van der Waals surface area contributed by atoms with Crippen LogP contribution in [0.4, 0.5) is 0 Å². The summed E-state index contributed by atoms with van der Waals surface area (Å²) in [5.74, 6) is 0. The van der Waals surface area contributed by atoms with Crippen molar-refractivity contribution in [2.75, 3.05) is 72.6 Å². The van der Waals surface area contributed by atoms with Crippen LogP contribution in [0.2, 0.25) is 0 Å². The number of rotatable bonds is 39. The topological polar surface area (TPSA) is 572 Å². The number of hydrogen-bond acceptors (Lipinski definition) is 32. The summed E-state index contributed by atoms with van der Waals surface area (Å²) in [5.41, 5.74) is 5.42. The minimum absolute atomic E-state index is 0.143. The number of aliphatic hydroxyl groups excluding tert-OH is 16. The van der Waals surface area contributed by atoms with Crippen molar-refractivity contribution < 1.29 is 166 Å². The number of nitrogens with two attached hydrogens (primary N) is 1. The van der Waals surface area contributed by atoms with Gasteiger partial charge in [0, 0.05) is 0 Å². The molecule has 24 atom stereocenters. The third-order valence-corrected chi connectivity index (χ3v) is 14.4. The van der Waals surface area contributed by atoms with E-state index < -0.39 is 212 Å². The Balaban J connectivity index is 1.41. The standard InChI is InChI=1S/C37H74NO34P3/c38-6-4-2-1-3-5-7-64-73(55,56)65-14-20(45)26(48)18(43)12-62-36-31(53)33(24(9-40)69-36)72-75(59,60)67-16-22(47)28(50)19(44)13-63-37-32(54)34(25(10-41)70-37)71-74(57,58)66-15-21(46)27(49)17(42)11-61-35-30(52)29(51)23(8-39)68-35/h17-37,39-54H,1-16,38H2,(H,55,56)(H,57,58)(H,59,60)/t17-,18-,19-,20+,21+,22+,23+,24+,25+,26-,27-,28-,29+,30+,31+,32+,33+,34+,35+,36+,37+/m0/s1. The second-order valence-corrected chi connectivity index (χ2v) is 21.6. The van der Waals surface area contributed by atoms with E-state index >= 15 is 0 Å². The van der Waals surface area contributed by atoms with Crippen LogP contribution in [0.1, 0.15) is 32.1 Å². The van der Waals surface area contributed by atoms with E-state index in [1.165, 1.54) is 0 Å². The Kier molecular flexibility index (Phi) is 30.0. The summed E-state index contributed by atoms with van der Waals surface area (Å²) < 4.78 is 97.1. The fourth-order valence-electron chi connectivity index (χ4n) is 7.06. The van der Waals surface area contributed by atoms with Gasteiger partial charge in [-0.25, -0.2) is 13.7 Å². The van der Waals surface area contributed by atoms with Gasteiger partial charge >= 0.3 is 23.5 Å². The highest BCUT2D eigenvalue weighted by Crippen LogP contribution is 2.49. The molecule has 38 heteroatoms. The minimum Gasteiger partial charge on any atom is -0.394 e. The first-order valence-electron chi connectivity index (χ1n) is 23.2. The van der Waals surface area contributed by atoms with Gasteiger partial charge in [-0.1, -0.05) is 19.3 Å². The van der Waals surface area contributed by atoms with Gasteiger partial charge in [0.05, 0.1) is 66.1 Å². The van der Waals surface area contributed by atoms with Gasteiger partial charge < -0.3 is 131 Å². The number of hydrogen-bond donors (Lipinski definition) is 20. The van der Waals surface area contributed by atoms with Crippen LogP contribution < -0.4 is 5.73 Å². The highest BCUT2D eigenvalue weighted by Gasteiger charge is 2.51. The van der Waals surface area contributed by atoms with Crippen molar-refractivity contribution >= 4 is 23.5 Å². The maximum absolute atomic E-state index is 12.8. The highest BCUT2D eigenvalue weighted by atomic mass is 31.2. The zero-order valence-corrected chi connectivity index (χ0v) is 42.7. The lowest BCUT2D eigenvalue weighted by Gasteiger charge is -2.27. The first kappa shape index (κ1) is 68.7. The smallest absolute Gasteiger partial charge is 0.394 e. The molecule has 0 aromatic carbocycles. The quantitative estimate of drug-likeness (QED) is 0.0201. The molecule has 0 amide bonds. The third kappa shape index (κ3) is 22.0. The SMILES string of the molecule is NCCCCCCCOP(=O)(O)OC[C@@H](O)[C@@H](O)[C@@H](O)CO[C@@H]1O[C@H](CO)[C@@H](OP(=O)(O)OC[C@@H](O)[C@@H](O)[C@@H](O)CO[C@@H]2O[C@H](CO)[C@@H](OP(=O)(O)OC[C@@H](O)[C@@H](O)[C@@H](O)CO[C@@H]3O[C@H](CO)[C@@H](O)[C@H]3O)[C@H]2O)[C@H]1O. The molecule has 3 fully saturated rings. The zero-order chi connectivity index (χ0) is 56.4. The van der Waals surface area contributed by atoms with E-state index in [9.17, 15) is 105 Å². The third-order valence-electron chi connectivity index (χ3n) is 11.4. The molecule has 0 bridgehead atoms. The summed E-state index contributed by atoms with van der Waals surface area (Å²) in [6.45, 7) is -8.55. The van der Waals surface area contributed by atoms with E-state index in [-0.39, 0.29) is 6.61 Å². The average Bonchev–Trinajstić information content (AvgIpc) is 3.95. The minimum atomic E-state index is -5.39. The second kappa shape index (κ2) is 32.8. The molecule has 0 spiro atoms. The predicted octanol–water partition coefficient (Wildman–Crippen LogP) is -9.07. The van der Waals surface area contributed by atoms with Gasteiger partial charge in [0.2, 0.25) is 0 Å². The van der Waals surface area contributed by atoms with Gasteiger partial charge in [-0.05, 0) is 19.4 Å². The largest absolute Gasteiger partial charge is 0.472 e. The fraction of sp³-hybridized carbons (Fsp3) is 1.00. The van der Waals surface area contributed by atoms with Gasteiger partial charge in [0.25, 0.3) is 0 Å². The molecule has 3 rings (SSSR count). The Bertz CT molecular complexity index is 1750. The lowest BCUT2D eigenvalue weighted by molar-refractivity contribution is -0.194. The van der Waals surface area contributed by atoms with E-state index in [0.29, 0.717) is 19.4 Å². The van der Waals surface area contributed by atoms with Crippen LogP contribution in [0.25, 0.3) is 0 Å². The zero-order valence-electron chi connectivity index (χ0n) is 40.0. The number of phosphoric acid groups is 3. The molecular formula is C37H74NO34P3. The number of unbranched alkanes of at least 4 members (excludes halogenated alkanes) is 4. The molecule has 0 radical (unpaired) electrons. The Morgan fingerprint density at radius 1 is 0.413 bits per heavy atom. The average molecular weight is 1170 g/mol. The van der Waals surface area contributed by atoms with Crippen molar-refractivity contribution in [3.8, 4) is 0 Å². The van der Waals surface area contributed by atoms with E-state index in [0.717, 1.165) is 19.3 Å². The molecule has 0 aromatic rings. The molecule has 3 saturated heterocycles. The molecule has 446 valence electrons. The summed E-state index contributed by atoms with van der Waals surface area (Å²) in [5, 5.41) is 163. The van der Waals surface area contributed by atoms with Crippen LogP contribution in [0.15, 0.2) is 0 Å². The fourth-order valence-corrected chi connectivity index (χ4v) is 9.77. The molecule has 0 aromatic heterocycles. The van der Waals surface area contributed by atoms with E-state index in [1.54, 1.807) is 0 Å². The van der Waals surface area contributed by atoms with E-state index in [4.69, 9.17) is 52.8 Å². The monoisotopic (exact) mass is 1170 g/mol. The molecule has 3 aliphatic rings. The maximum Gasteiger partial charge on any atom is 0.472 e. The van der Waals surface area contributed by atoms with Crippen LogP contribution in [0.3, 0.4) is 0 Å². The first-order valence-corrected chi connectivity index (χ1v) is 27.7. The summed E-state index contributed by atoms with van der Waals surface area (Å²) in [4.78, 5) is 30.4. The van der Waals surface area contributed by atoms with Crippen molar-refractivity contribution in [1.29, 1.82) is 0 Å². The van der Waals surface area contributed by atoms with Crippen molar-refractivity contribution in [3.05, 3.63) is 0 Å². The molecule has 0 aliphatic carbocycles. The van der Waals surface area contributed by atoms with Gasteiger partial charge in [-0.15, -0.1) is 0 Å². The second-order valence-electron chi connectivity index (χ2n) is 17.3. The van der Waals surface area contributed by atoms with Crippen LogP contribution >= 0.6 is 23.5 Å². The summed E-state index contributed by atoms with van der Waals surface area (Å²) >= 11 is 0. The van der Waals surface area contributed by atoms with Crippen LogP contribution in [-0.4, -0.2) is 298 Å². The molecule has 35 nitrogen and oxygen atoms in total. The normalized spacial score (nSPS) is 33.4. The number of phosphoric ester groups is 3. The molecule has 0 saturated carbocycles. The van der Waals surface area contributed by atoms with E-state index in [1.807, 2.05) is 0 Å². The van der Waals surface area contributed by atoms with E-state index in [2.05, 4.69) is 13.6 Å². The lowest BCUT2D eigenvalue weighted by atomic mass is 10.1. The van der Waals surface area contributed by atoms with Crippen molar-refractivity contribution in [3.63, 3.8) is 0 Å². The van der Waals surface area contributed by atoms with Gasteiger partial charge in [-0.2, -0.15) is 0 Å². The summed E-state index contributed by atoms with van der Waals surface area (Å²) in [6.07, 6.45) is -36.2. The molecule has 3 aliphatic heterocycles. The first-order chi connectivity index (χ1) is 35.1. The Labute approximate surface area is 427 Å². The van der Waals surface area contributed by atoms with Crippen LogP contribution in [0, 0.1) is 0 Å². The van der Waals surface area contributed by atoms with Gasteiger partial charge in [-0.3, -0.25) is 27.1 Å². The molecule has 3 unspecified atom stereocenters. The number of ether oxygens (including phenoxy) is 6. The predicted molar refractivity (Wildman–Crippen MR) is 238 cm³/mol. The molecule has 21 N–H and O–H groups in total.